The smallest absolute Gasteiger partial charge is 0.251 e. The number of anilines is 2. The fourth-order valence-corrected chi connectivity index (χ4v) is 3.56. The molecule has 1 aliphatic rings. The van der Waals surface area contributed by atoms with Gasteiger partial charge in [-0.2, -0.15) is 0 Å². The Morgan fingerprint density at radius 1 is 1.40 bits per heavy atom. The van der Waals surface area contributed by atoms with Gasteiger partial charge in [0, 0.05) is 40.5 Å². The molecule has 2 rings (SSSR count). The van der Waals surface area contributed by atoms with Crippen molar-refractivity contribution in [3.05, 3.63) is 23.8 Å². The largest absolute Gasteiger partial charge is 0.397 e. The molecule has 0 bridgehead atoms. The molecule has 20 heavy (non-hydrogen) atoms. The Hall–Kier alpha value is -1.56. The molecule has 0 saturated carbocycles. The average Bonchev–Trinajstić information content (AvgIpc) is 2.43. The van der Waals surface area contributed by atoms with E-state index < -0.39 is 10.8 Å². The number of benzene rings is 1. The van der Waals surface area contributed by atoms with Crippen LogP contribution < -0.4 is 16.4 Å². The van der Waals surface area contributed by atoms with Gasteiger partial charge in [0.25, 0.3) is 5.91 Å². The van der Waals surface area contributed by atoms with Gasteiger partial charge < -0.3 is 16.4 Å². The third-order valence-corrected chi connectivity index (χ3v) is 4.78. The van der Waals surface area contributed by atoms with Gasteiger partial charge in [0.2, 0.25) is 0 Å². The van der Waals surface area contributed by atoms with Gasteiger partial charge in [-0.25, -0.2) is 0 Å². The standard InChI is InChI=1S/C14H21N3O2S/c1-2-16-14(18)10-3-4-13(12(15)9-10)17-11-5-7-20(19)8-6-11/h3-4,9,11,17H,2,5-8,15H2,1H3,(H,16,18). The molecule has 0 spiro atoms. The highest BCUT2D eigenvalue weighted by atomic mass is 32.2. The maximum Gasteiger partial charge on any atom is 0.251 e. The molecule has 1 aliphatic heterocycles. The molecule has 0 aliphatic carbocycles. The molecular weight excluding hydrogens is 274 g/mol. The Bertz CT molecular complexity index is 509. The van der Waals surface area contributed by atoms with Gasteiger partial charge in [-0.05, 0) is 38.0 Å². The van der Waals surface area contributed by atoms with Crippen LogP contribution in [0.2, 0.25) is 0 Å². The minimum atomic E-state index is -0.661. The monoisotopic (exact) mass is 295 g/mol. The van der Waals surface area contributed by atoms with Crippen LogP contribution in [0.15, 0.2) is 18.2 Å². The number of hydrogen-bond acceptors (Lipinski definition) is 4. The zero-order valence-corrected chi connectivity index (χ0v) is 12.5. The van der Waals surface area contributed by atoms with Crippen molar-refractivity contribution >= 4 is 28.1 Å². The van der Waals surface area contributed by atoms with Crippen LogP contribution in [0, 0.1) is 0 Å². The van der Waals surface area contributed by atoms with E-state index in [0.29, 0.717) is 23.8 Å². The van der Waals surface area contributed by atoms with Crippen LogP contribution in [0.5, 0.6) is 0 Å². The zero-order valence-electron chi connectivity index (χ0n) is 11.6. The van der Waals surface area contributed by atoms with Crippen LogP contribution in [0.3, 0.4) is 0 Å². The van der Waals surface area contributed by atoms with Gasteiger partial charge >= 0.3 is 0 Å². The first-order valence-corrected chi connectivity index (χ1v) is 8.38. The van der Waals surface area contributed by atoms with Crippen LogP contribution in [0.1, 0.15) is 30.1 Å². The van der Waals surface area contributed by atoms with Gasteiger partial charge in [0.05, 0.1) is 11.4 Å². The van der Waals surface area contributed by atoms with Gasteiger partial charge in [-0.15, -0.1) is 0 Å². The Kier molecular flexibility index (Phi) is 5.00. The highest BCUT2D eigenvalue weighted by Crippen LogP contribution is 2.23. The van der Waals surface area contributed by atoms with Crippen LogP contribution in [-0.2, 0) is 10.8 Å². The summed E-state index contributed by atoms with van der Waals surface area (Å²) in [6.07, 6.45) is 1.79. The van der Waals surface area contributed by atoms with Crippen molar-refractivity contribution in [1.82, 2.24) is 5.32 Å². The number of rotatable bonds is 4. The molecule has 1 heterocycles. The van der Waals surface area contributed by atoms with Crippen molar-refractivity contribution in [1.29, 1.82) is 0 Å². The predicted octanol–water partition coefficient (Wildman–Crippen LogP) is 1.34. The van der Waals surface area contributed by atoms with Crippen molar-refractivity contribution in [3.63, 3.8) is 0 Å². The SMILES string of the molecule is CCNC(=O)c1ccc(NC2CCS(=O)CC2)c(N)c1. The molecule has 0 radical (unpaired) electrons. The summed E-state index contributed by atoms with van der Waals surface area (Å²) in [6, 6.07) is 5.61. The van der Waals surface area contributed by atoms with Gasteiger partial charge in [-0.3, -0.25) is 9.00 Å². The third kappa shape index (κ3) is 3.72. The van der Waals surface area contributed by atoms with Crippen LogP contribution in [0.4, 0.5) is 11.4 Å². The minimum Gasteiger partial charge on any atom is -0.397 e. The fraction of sp³-hybridized carbons (Fsp3) is 0.500. The van der Waals surface area contributed by atoms with Gasteiger partial charge in [-0.1, -0.05) is 0 Å². The summed E-state index contributed by atoms with van der Waals surface area (Å²) in [6.45, 7) is 2.47. The number of nitrogen functional groups attached to an aromatic ring is 1. The van der Waals surface area contributed by atoms with E-state index in [9.17, 15) is 9.00 Å². The number of amides is 1. The van der Waals surface area contributed by atoms with Crippen molar-refractivity contribution in [2.24, 2.45) is 0 Å². The molecule has 110 valence electrons. The summed E-state index contributed by atoms with van der Waals surface area (Å²) in [5.74, 6) is 1.38. The minimum absolute atomic E-state index is 0.112. The summed E-state index contributed by atoms with van der Waals surface area (Å²) in [7, 11) is -0.661. The zero-order chi connectivity index (χ0) is 14.5. The maximum atomic E-state index is 11.7. The molecule has 5 nitrogen and oxygen atoms in total. The molecule has 0 aromatic heterocycles. The highest BCUT2D eigenvalue weighted by Gasteiger charge is 2.18. The average molecular weight is 295 g/mol. The number of nitrogens with two attached hydrogens (primary N) is 1. The normalized spacial score (nSPS) is 22.2. The lowest BCUT2D eigenvalue weighted by atomic mass is 10.1. The van der Waals surface area contributed by atoms with E-state index in [2.05, 4.69) is 10.6 Å². The molecular formula is C14H21N3O2S. The van der Waals surface area contributed by atoms with E-state index in [1.165, 1.54) is 0 Å². The topological polar surface area (TPSA) is 84.2 Å². The maximum absolute atomic E-state index is 11.7. The van der Waals surface area contributed by atoms with E-state index in [0.717, 1.165) is 30.0 Å². The van der Waals surface area contributed by atoms with Crippen LogP contribution in [-0.4, -0.2) is 34.2 Å². The number of carbonyl (C=O) groups is 1. The molecule has 1 saturated heterocycles. The molecule has 1 aromatic carbocycles. The van der Waals surface area contributed by atoms with Crippen LogP contribution in [0.25, 0.3) is 0 Å². The Labute approximate surface area is 121 Å². The number of carbonyl (C=O) groups excluding carboxylic acids is 1. The highest BCUT2D eigenvalue weighted by molar-refractivity contribution is 7.85. The Morgan fingerprint density at radius 2 is 2.10 bits per heavy atom. The quantitative estimate of drug-likeness (QED) is 0.732. The lowest BCUT2D eigenvalue weighted by Crippen LogP contribution is -2.29. The van der Waals surface area contributed by atoms with Crippen molar-refractivity contribution < 1.29 is 9.00 Å². The van der Waals surface area contributed by atoms with Gasteiger partial charge in [0.1, 0.15) is 0 Å². The molecule has 1 amide bonds. The molecule has 0 atom stereocenters. The number of nitrogens with one attached hydrogen (secondary N) is 2. The van der Waals surface area contributed by atoms with E-state index in [4.69, 9.17) is 5.73 Å². The molecule has 1 aromatic rings. The van der Waals surface area contributed by atoms with Crippen LogP contribution >= 0.6 is 0 Å². The van der Waals surface area contributed by atoms with E-state index in [1.54, 1.807) is 12.1 Å². The lowest BCUT2D eigenvalue weighted by molar-refractivity contribution is 0.0956. The summed E-state index contributed by atoms with van der Waals surface area (Å²) in [5, 5.41) is 6.12. The fourth-order valence-electron chi connectivity index (χ4n) is 2.26. The van der Waals surface area contributed by atoms with E-state index >= 15 is 0 Å². The Morgan fingerprint density at radius 3 is 2.70 bits per heavy atom. The third-order valence-electron chi connectivity index (χ3n) is 3.40. The first-order valence-electron chi connectivity index (χ1n) is 6.89. The Balaban J connectivity index is 2.02. The summed E-state index contributed by atoms with van der Waals surface area (Å²) in [5.41, 5.74) is 7.98. The molecule has 0 unspecified atom stereocenters. The lowest BCUT2D eigenvalue weighted by Gasteiger charge is -2.24. The molecule has 4 N–H and O–H groups in total. The second kappa shape index (κ2) is 6.74. The van der Waals surface area contributed by atoms with E-state index in [1.807, 2.05) is 13.0 Å². The summed E-state index contributed by atoms with van der Waals surface area (Å²) in [4.78, 5) is 11.7. The molecule has 6 heteroatoms. The first-order chi connectivity index (χ1) is 9.60. The second-order valence-electron chi connectivity index (χ2n) is 4.93. The summed E-state index contributed by atoms with van der Waals surface area (Å²) < 4.78 is 11.3. The predicted molar refractivity (Wildman–Crippen MR) is 83.4 cm³/mol. The van der Waals surface area contributed by atoms with E-state index in [-0.39, 0.29) is 5.91 Å². The second-order valence-corrected chi connectivity index (χ2v) is 6.62. The molecule has 1 fully saturated rings. The first kappa shape index (κ1) is 14.8. The summed E-state index contributed by atoms with van der Waals surface area (Å²) >= 11 is 0. The van der Waals surface area contributed by atoms with Gasteiger partial charge in [0.15, 0.2) is 0 Å². The van der Waals surface area contributed by atoms with Crippen molar-refractivity contribution in [3.8, 4) is 0 Å². The van der Waals surface area contributed by atoms with Crippen molar-refractivity contribution in [2.45, 2.75) is 25.8 Å². The number of hydrogen-bond donors (Lipinski definition) is 3. The van der Waals surface area contributed by atoms with Crippen molar-refractivity contribution in [2.75, 3.05) is 29.1 Å².